The van der Waals surface area contributed by atoms with Crippen LogP contribution in [0.25, 0.3) is 43.4 Å². The lowest BCUT2D eigenvalue weighted by molar-refractivity contribution is 0.733. The molecule has 0 aromatic heterocycles. The van der Waals surface area contributed by atoms with E-state index in [-0.39, 0.29) is 5.92 Å². The van der Waals surface area contributed by atoms with Crippen LogP contribution in [0.2, 0.25) is 0 Å². The van der Waals surface area contributed by atoms with Crippen molar-refractivity contribution in [2.24, 2.45) is 21.6 Å². The van der Waals surface area contributed by atoms with Crippen LogP contribution < -0.4 is 5.73 Å². The number of nitrogens with two attached hydrogens (primary N) is 1. The number of nitrogens with zero attached hydrogens (tertiary/aromatic N) is 2. The molecule has 0 aliphatic carbocycles. The third-order valence-electron chi connectivity index (χ3n) is 7.80. The minimum atomic E-state index is 0.202. The smallest absolute Gasteiger partial charge is 0.156 e. The van der Waals surface area contributed by atoms with Gasteiger partial charge in [0.15, 0.2) is 5.84 Å². The molecule has 1 atom stereocenters. The van der Waals surface area contributed by atoms with Crippen molar-refractivity contribution in [2.75, 3.05) is 0 Å². The average Bonchev–Trinajstić information content (AvgIpc) is 3.03. The topological polar surface area (TPSA) is 50.7 Å². The highest BCUT2D eigenvalue weighted by Gasteiger charge is 2.12. The van der Waals surface area contributed by atoms with Gasteiger partial charge in [0.1, 0.15) is 5.84 Å². The van der Waals surface area contributed by atoms with Crippen molar-refractivity contribution in [3.63, 3.8) is 0 Å². The Kier molecular flexibility index (Phi) is 7.11. The lowest BCUT2D eigenvalue weighted by Gasteiger charge is -2.13. The Bertz CT molecular complexity index is 1870. The van der Waals surface area contributed by atoms with Gasteiger partial charge in [-0.25, -0.2) is 4.99 Å². The van der Waals surface area contributed by atoms with Gasteiger partial charge in [-0.1, -0.05) is 123 Å². The second kappa shape index (κ2) is 11.2. The predicted octanol–water partition coefficient (Wildman–Crippen LogP) is 9.16. The van der Waals surface area contributed by atoms with E-state index < -0.39 is 0 Å². The summed E-state index contributed by atoms with van der Waals surface area (Å²) in [5, 5.41) is 7.55. The summed E-state index contributed by atoms with van der Waals surface area (Å²) in [6, 6.07) is 42.9. The summed E-state index contributed by atoms with van der Waals surface area (Å²) < 4.78 is 0. The Balaban J connectivity index is 1.50. The fourth-order valence-corrected chi connectivity index (χ4v) is 5.30. The molecule has 0 fully saturated rings. The first-order chi connectivity index (χ1) is 19.6. The number of rotatable bonds is 6. The van der Waals surface area contributed by atoms with Gasteiger partial charge in [0.05, 0.1) is 6.54 Å². The van der Waals surface area contributed by atoms with Gasteiger partial charge in [-0.2, -0.15) is 0 Å². The summed E-state index contributed by atoms with van der Waals surface area (Å²) in [6.07, 6.45) is 0.939. The van der Waals surface area contributed by atoms with E-state index in [4.69, 9.17) is 15.7 Å². The molecule has 0 saturated heterocycles. The van der Waals surface area contributed by atoms with E-state index in [1.54, 1.807) is 0 Å². The highest BCUT2D eigenvalue weighted by Crippen LogP contribution is 2.37. The molecule has 2 N–H and O–H groups in total. The van der Waals surface area contributed by atoms with E-state index in [1.807, 2.05) is 30.3 Å². The molecule has 0 heterocycles. The number of fused-ring (bicyclic) bond motifs is 6. The Labute approximate surface area is 235 Å². The van der Waals surface area contributed by atoms with Crippen LogP contribution in [-0.2, 0) is 6.54 Å². The number of amidine groups is 2. The van der Waals surface area contributed by atoms with Gasteiger partial charge in [-0.05, 0) is 67.6 Å². The van der Waals surface area contributed by atoms with E-state index >= 15 is 0 Å². The summed E-state index contributed by atoms with van der Waals surface area (Å²) >= 11 is 0. The van der Waals surface area contributed by atoms with Crippen molar-refractivity contribution in [3.8, 4) is 11.1 Å². The van der Waals surface area contributed by atoms with Crippen molar-refractivity contribution in [2.45, 2.75) is 26.8 Å². The summed E-state index contributed by atoms with van der Waals surface area (Å²) in [5.41, 5.74) is 10.9. The molecule has 40 heavy (non-hydrogen) atoms. The maximum Gasteiger partial charge on any atom is 0.156 e. The molecule has 0 bridgehead atoms. The van der Waals surface area contributed by atoms with E-state index in [0.717, 1.165) is 17.5 Å². The van der Waals surface area contributed by atoms with E-state index in [9.17, 15) is 0 Å². The van der Waals surface area contributed by atoms with Gasteiger partial charge in [-0.3, -0.25) is 4.99 Å². The minimum Gasteiger partial charge on any atom is -0.387 e. The molecular weight excluding hydrogens is 486 g/mol. The van der Waals surface area contributed by atoms with Gasteiger partial charge in [-0.15, -0.1) is 0 Å². The quantitative estimate of drug-likeness (QED) is 0.133. The van der Waals surface area contributed by atoms with Crippen molar-refractivity contribution in [3.05, 3.63) is 132 Å². The molecule has 0 radical (unpaired) electrons. The van der Waals surface area contributed by atoms with Crippen molar-refractivity contribution in [1.29, 1.82) is 0 Å². The van der Waals surface area contributed by atoms with E-state index in [2.05, 4.69) is 105 Å². The lowest BCUT2D eigenvalue weighted by atomic mass is 9.91. The first-order valence-corrected chi connectivity index (χ1v) is 14.0. The molecule has 6 aromatic rings. The largest absolute Gasteiger partial charge is 0.387 e. The molecule has 6 rings (SSSR count). The molecule has 0 amide bonds. The molecule has 0 saturated carbocycles. The second-order valence-corrected chi connectivity index (χ2v) is 10.4. The van der Waals surface area contributed by atoms with Crippen LogP contribution in [0.5, 0.6) is 0 Å². The Morgan fingerprint density at radius 3 is 1.88 bits per heavy atom. The third kappa shape index (κ3) is 4.99. The lowest BCUT2D eigenvalue weighted by Crippen LogP contribution is -2.22. The molecule has 0 aliphatic rings. The number of aliphatic imine (C=N–C) groups is 2. The third-order valence-corrected chi connectivity index (χ3v) is 7.80. The molecule has 1 unspecified atom stereocenters. The molecule has 196 valence electrons. The number of benzene rings is 6. The standard InChI is InChI=1S/C37H33N3/c1-3-25(2)36(38)40-37(28-14-8-5-9-15-28)39-24-26-18-20-32-30-16-10-11-17-31(30)33-21-19-29(23-35(33)34(32)22-26)27-12-6-4-7-13-27/h4-23,25H,3,24H2,1-2H3,(H2,38,39,40). The fraction of sp³-hybridized carbons (Fsp3) is 0.135. The van der Waals surface area contributed by atoms with Crippen molar-refractivity contribution >= 4 is 44.0 Å². The molecule has 0 aliphatic heterocycles. The van der Waals surface area contributed by atoms with Crippen LogP contribution in [0.4, 0.5) is 0 Å². The van der Waals surface area contributed by atoms with E-state index in [1.165, 1.54) is 43.4 Å². The van der Waals surface area contributed by atoms with Crippen molar-refractivity contribution in [1.82, 2.24) is 0 Å². The van der Waals surface area contributed by atoms with Crippen LogP contribution >= 0.6 is 0 Å². The van der Waals surface area contributed by atoms with Crippen LogP contribution in [0.3, 0.4) is 0 Å². The molecular formula is C37H33N3. The number of hydrogen-bond acceptors (Lipinski definition) is 1. The molecule has 3 nitrogen and oxygen atoms in total. The minimum absolute atomic E-state index is 0.202. The maximum absolute atomic E-state index is 6.36. The Morgan fingerprint density at radius 1 is 0.625 bits per heavy atom. The zero-order chi connectivity index (χ0) is 27.5. The molecule has 6 aromatic carbocycles. The van der Waals surface area contributed by atoms with Crippen molar-refractivity contribution < 1.29 is 0 Å². The number of hydrogen-bond donors (Lipinski definition) is 1. The Morgan fingerprint density at radius 2 is 1.20 bits per heavy atom. The fourth-order valence-electron chi connectivity index (χ4n) is 5.30. The van der Waals surface area contributed by atoms with Crippen LogP contribution in [0.1, 0.15) is 31.4 Å². The summed E-state index contributed by atoms with van der Waals surface area (Å²) in [5.74, 6) is 1.50. The van der Waals surface area contributed by atoms with Gasteiger partial charge < -0.3 is 5.73 Å². The van der Waals surface area contributed by atoms with Crippen LogP contribution in [-0.4, -0.2) is 11.7 Å². The first kappa shape index (κ1) is 25.5. The zero-order valence-corrected chi connectivity index (χ0v) is 23.0. The van der Waals surface area contributed by atoms with Crippen LogP contribution in [0, 0.1) is 5.92 Å². The highest BCUT2D eigenvalue weighted by atomic mass is 15.0. The summed E-state index contributed by atoms with van der Waals surface area (Å²) in [4.78, 5) is 9.76. The molecule has 0 spiro atoms. The van der Waals surface area contributed by atoms with Gasteiger partial charge in [0.2, 0.25) is 0 Å². The second-order valence-electron chi connectivity index (χ2n) is 10.4. The first-order valence-electron chi connectivity index (χ1n) is 14.0. The highest BCUT2D eigenvalue weighted by molar-refractivity contribution is 6.25. The zero-order valence-electron chi connectivity index (χ0n) is 23.0. The predicted molar refractivity (Wildman–Crippen MR) is 172 cm³/mol. The maximum atomic E-state index is 6.36. The monoisotopic (exact) mass is 519 g/mol. The Hall–Kier alpha value is -4.76. The molecule has 3 heteroatoms. The summed E-state index contributed by atoms with van der Waals surface area (Å²) in [6.45, 7) is 4.74. The van der Waals surface area contributed by atoms with Gasteiger partial charge in [0.25, 0.3) is 0 Å². The SMILES string of the molecule is CCC(C)C(N)=NC(=NCc1ccc2c3ccccc3c3ccc(-c4ccccc4)cc3c2c1)c1ccccc1. The normalized spacial score (nSPS) is 13.2. The van der Waals surface area contributed by atoms with Gasteiger partial charge in [0, 0.05) is 11.5 Å². The van der Waals surface area contributed by atoms with Crippen LogP contribution in [0.15, 0.2) is 131 Å². The average molecular weight is 520 g/mol. The van der Waals surface area contributed by atoms with E-state index in [0.29, 0.717) is 18.2 Å². The summed E-state index contributed by atoms with van der Waals surface area (Å²) in [7, 11) is 0. The van der Waals surface area contributed by atoms with Gasteiger partial charge >= 0.3 is 0 Å².